The maximum atomic E-state index is 13.7. The molecule has 0 bridgehead atoms. The Labute approximate surface area is 176 Å². The maximum Gasteiger partial charge on any atom is 0.315 e. The van der Waals surface area contributed by atoms with Gasteiger partial charge < -0.3 is 14.2 Å². The molecule has 1 spiro atoms. The first-order chi connectivity index (χ1) is 14.7. The third kappa shape index (κ3) is 2.83. The zero-order chi connectivity index (χ0) is 20.7. The molecule has 2 aliphatic carbocycles. The topological polar surface area (TPSA) is 61.8 Å². The lowest BCUT2D eigenvalue weighted by atomic mass is 9.64. The van der Waals surface area contributed by atoms with Crippen molar-refractivity contribution in [1.29, 1.82) is 0 Å². The molecular weight excluding hydrogens is 380 g/mol. The molecule has 5 heteroatoms. The predicted octanol–water partition coefficient (Wildman–Crippen LogP) is 4.51. The van der Waals surface area contributed by atoms with Gasteiger partial charge in [0, 0.05) is 11.3 Å². The van der Waals surface area contributed by atoms with Crippen LogP contribution in [0.3, 0.4) is 0 Å². The minimum atomic E-state index is -0.448. The molecule has 4 atom stereocenters. The summed E-state index contributed by atoms with van der Waals surface area (Å²) in [6, 6.07) is 16.9. The first-order valence-electron chi connectivity index (χ1n) is 10.8. The van der Waals surface area contributed by atoms with Crippen molar-refractivity contribution in [3.05, 3.63) is 60.2 Å². The Morgan fingerprint density at radius 3 is 2.37 bits per heavy atom. The number of ether oxygens (including phenoxy) is 3. The van der Waals surface area contributed by atoms with E-state index in [0.29, 0.717) is 11.5 Å². The molecule has 1 saturated heterocycles. The van der Waals surface area contributed by atoms with Crippen LogP contribution >= 0.6 is 0 Å². The van der Waals surface area contributed by atoms with E-state index < -0.39 is 5.92 Å². The second kappa shape index (κ2) is 7.46. The van der Waals surface area contributed by atoms with Gasteiger partial charge in [0.2, 0.25) is 0 Å². The number of carbonyl (C=O) groups is 2. The first kappa shape index (κ1) is 19.2. The van der Waals surface area contributed by atoms with Crippen molar-refractivity contribution in [2.75, 3.05) is 7.11 Å². The average molecular weight is 406 g/mol. The van der Waals surface area contributed by atoms with Crippen molar-refractivity contribution < 1.29 is 23.8 Å². The van der Waals surface area contributed by atoms with Gasteiger partial charge >= 0.3 is 11.9 Å². The fourth-order valence-electron chi connectivity index (χ4n) is 6.05. The Morgan fingerprint density at radius 2 is 1.67 bits per heavy atom. The highest BCUT2D eigenvalue weighted by atomic mass is 16.6. The fraction of sp³-hybridized carbons (Fsp3) is 0.440. The van der Waals surface area contributed by atoms with Gasteiger partial charge in [0.05, 0.1) is 13.0 Å². The van der Waals surface area contributed by atoms with Gasteiger partial charge in [-0.3, -0.25) is 9.59 Å². The fourth-order valence-corrected chi connectivity index (χ4v) is 6.05. The van der Waals surface area contributed by atoms with Crippen LogP contribution in [0.25, 0.3) is 0 Å². The highest BCUT2D eigenvalue weighted by molar-refractivity contribution is 5.87. The zero-order valence-corrected chi connectivity index (χ0v) is 17.1. The lowest BCUT2D eigenvalue weighted by Crippen LogP contribution is -2.52. The van der Waals surface area contributed by atoms with Crippen LogP contribution in [0.4, 0.5) is 0 Å². The summed E-state index contributed by atoms with van der Waals surface area (Å²) in [5.74, 6) is -0.337. The molecule has 0 aromatic heterocycles. The summed E-state index contributed by atoms with van der Waals surface area (Å²) >= 11 is 0. The van der Waals surface area contributed by atoms with E-state index in [1.807, 2.05) is 42.5 Å². The number of carbonyl (C=O) groups excluding carboxylic acids is 2. The lowest BCUT2D eigenvalue weighted by Gasteiger charge is -2.45. The Morgan fingerprint density at radius 1 is 0.967 bits per heavy atom. The average Bonchev–Trinajstić information content (AvgIpc) is 2.99. The number of benzene rings is 2. The van der Waals surface area contributed by atoms with Gasteiger partial charge in [0.15, 0.2) is 0 Å². The smallest absolute Gasteiger partial charge is 0.315 e. The Hall–Kier alpha value is -2.82. The van der Waals surface area contributed by atoms with E-state index in [-0.39, 0.29) is 35.3 Å². The van der Waals surface area contributed by atoms with Crippen molar-refractivity contribution in [2.45, 2.75) is 44.1 Å². The van der Waals surface area contributed by atoms with Crippen LogP contribution in [0.2, 0.25) is 0 Å². The number of methoxy groups -OCH3 is 1. The summed E-state index contributed by atoms with van der Waals surface area (Å²) in [7, 11) is 1.62. The molecule has 0 radical (unpaired) electrons. The molecule has 3 fully saturated rings. The minimum absolute atomic E-state index is 0.212. The Bertz CT molecular complexity index is 947. The number of rotatable bonds is 4. The molecule has 0 N–H and O–H groups in total. The zero-order valence-electron chi connectivity index (χ0n) is 17.1. The largest absolute Gasteiger partial charge is 0.496 e. The molecular formula is C25H26O5. The third-order valence-electron chi connectivity index (χ3n) is 7.27. The third-order valence-corrected chi connectivity index (χ3v) is 7.27. The molecule has 3 aliphatic rings. The van der Waals surface area contributed by atoms with Crippen molar-refractivity contribution >= 4 is 11.9 Å². The minimum Gasteiger partial charge on any atom is -0.496 e. The Kier molecular flexibility index (Phi) is 4.76. The van der Waals surface area contributed by atoms with E-state index in [4.69, 9.17) is 14.2 Å². The van der Waals surface area contributed by atoms with E-state index in [1.54, 1.807) is 19.2 Å². The number of para-hydroxylation sites is 2. The van der Waals surface area contributed by atoms with Crippen LogP contribution in [-0.4, -0.2) is 25.2 Å². The van der Waals surface area contributed by atoms with E-state index in [9.17, 15) is 9.59 Å². The Balaban J connectivity index is 1.61. The van der Waals surface area contributed by atoms with Gasteiger partial charge in [-0.25, -0.2) is 0 Å². The van der Waals surface area contributed by atoms with Gasteiger partial charge in [-0.2, -0.15) is 0 Å². The molecule has 2 saturated carbocycles. The van der Waals surface area contributed by atoms with E-state index in [0.717, 1.165) is 37.7 Å². The van der Waals surface area contributed by atoms with Crippen LogP contribution in [0, 0.1) is 17.3 Å². The van der Waals surface area contributed by atoms with E-state index >= 15 is 0 Å². The molecule has 2 aromatic rings. The SMILES string of the molecule is COc1ccccc1[C@H]1[C@@H]2C(=O)O[C@@H]2C2(CCCCC2)[C@H]1C(=O)Oc1ccccc1. The molecule has 30 heavy (non-hydrogen) atoms. The second-order valence-electron chi connectivity index (χ2n) is 8.66. The molecule has 0 amide bonds. The quantitative estimate of drug-likeness (QED) is 0.552. The van der Waals surface area contributed by atoms with Gasteiger partial charge in [-0.15, -0.1) is 0 Å². The van der Waals surface area contributed by atoms with Crippen LogP contribution in [0.15, 0.2) is 54.6 Å². The molecule has 5 nitrogen and oxygen atoms in total. The highest BCUT2D eigenvalue weighted by Gasteiger charge is 2.72. The molecule has 156 valence electrons. The summed E-state index contributed by atoms with van der Waals surface area (Å²) in [6.07, 6.45) is 4.74. The van der Waals surface area contributed by atoms with Crippen molar-refractivity contribution in [3.63, 3.8) is 0 Å². The van der Waals surface area contributed by atoms with Crippen molar-refractivity contribution in [3.8, 4) is 11.5 Å². The van der Waals surface area contributed by atoms with Gasteiger partial charge in [0.1, 0.15) is 23.5 Å². The van der Waals surface area contributed by atoms with Gasteiger partial charge in [-0.05, 0) is 36.6 Å². The molecule has 5 rings (SSSR count). The van der Waals surface area contributed by atoms with Crippen molar-refractivity contribution in [2.24, 2.45) is 17.3 Å². The van der Waals surface area contributed by atoms with E-state index in [2.05, 4.69) is 0 Å². The number of fused-ring (bicyclic) bond motifs is 2. The summed E-state index contributed by atoms with van der Waals surface area (Å²) in [4.78, 5) is 26.3. The highest BCUT2D eigenvalue weighted by Crippen LogP contribution is 2.66. The monoisotopic (exact) mass is 406 g/mol. The second-order valence-corrected chi connectivity index (χ2v) is 8.66. The summed E-state index contributed by atoms with van der Waals surface area (Å²) < 4.78 is 17.2. The predicted molar refractivity (Wildman–Crippen MR) is 110 cm³/mol. The lowest BCUT2D eigenvalue weighted by molar-refractivity contribution is -0.196. The number of esters is 2. The van der Waals surface area contributed by atoms with Gasteiger partial charge in [-0.1, -0.05) is 55.7 Å². The molecule has 1 heterocycles. The number of hydrogen-bond acceptors (Lipinski definition) is 5. The molecule has 0 unspecified atom stereocenters. The van der Waals surface area contributed by atoms with E-state index in [1.165, 1.54) is 0 Å². The molecule has 1 aliphatic heterocycles. The van der Waals surface area contributed by atoms with Gasteiger partial charge in [0.25, 0.3) is 0 Å². The van der Waals surface area contributed by atoms with Crippen LogP contribution in [0.1, 0.15) is 43.6 Å². The van der Waals surface area contributed by atoms with Crippen molar-refractivity contribution in [1.82, 2.24) is 0 Å². The standard InChI is InChI=1S/C25H26O5/c1-28-18-13-7-6-12-17(18)19-20-22(30-23(20)26)25(14-8-3-9-15-25)21(19)24(27)29-16-10-4-2-5-11-16/h2,4-7,10-13,19-22H,3,8-9,14-15H2,1H3/t19-,20-,21+,22-/m0/s1. The molecule has 2 aromatic carbocycles. The normalized spacial score (nSPS) is 28.9. The summed E-state index contributed by atoms with van der Waals surface area (Å²) in [5, 5.41) is 0. The van der Waals surface area contributed by atoms with Crippen LogP contribution in [0.5, 0.6) is 11.5 Å². The van der Waals surface area contributed by atoms with Crippen LogP contribution < -0.4 is 9.47 Å². The van der Waals surface area contributed by atoms with Crippen LogP contribution in [-0.2, 0) is 14.3 Å². The first-order valence-corrected chi connectivity index (χ1v) is 10.8. The number of hydrogen-bond donors (Lipinski definition) is 0. The summed E-state index contributed by atoms with van der Waals surface area (Å²) in [6.45, 7) is 0. The maximum absolute atomic E-state index is 13.7. The summed E-state index contributed by atoms with van der Waals surface area (Å²) in [5.41, 5.74) is 0.526.